The van der Waals surface area contributed by atoms with Crippen molar-refractivity contribution in [1.29, 1.82) is 0 Å². The highest BCUT2D eigenvalue weighted by Crippen LogP contribution is 2.26. The van der Waals surface area contributed by atoms with Gasteiger partial charge in [0.05, 0.1) is 0 Å². The van der Waals surface area contributed by atoms with Gasteiger partial charge >= 0.3 is 0 Å². The zero-order valence-corrected chi connectivity index (χ0v) is 20.9. The van der Waals surface area contributed by atoms with Gasteiger partial charge in [0.25, 0.3) is 0 Å². The number of aliphatic imine (C=N–C) groups is 1. The molecule has 5 nitrogen and oxygen atoms in total. The molecular formula is C21H44IN5. The van der Waals surface area contributed by atoms with Crippen LogP contribution in [0.1, 0.15) is 60.3 Å². The first kappa shape index (κ1) is 25.0. The van der Waals surface area contributed by atoms with Crippen molar-refractivity contribution in [1.82, 2.24) is 20.4 Å². The normalized spacial score (nSPS) is 26.5. The molecule has 2 N–H and O–H groups in total. The molecular weight excluding hydrogens is 449 g/mol. The summed E-state index contributed by atoms with van der Waals surface area (Å²) in [5, 5.41) is 7.26. The van der Waals surface area contributed by atoms with E-state index < -0.39 is 0 Å². The predicted octanol–water partition coefficient (Wildman–Crippen LogP) is 3.40. The van der Waals surface area contributed by atoms with Crippen LogP contribution < -0.4 is 10.6 Å². The van der Waals surface area contributed by atoms with Crippen LogP contribution in [-0.2, 0) is 0 Å². The van der Waals surface area contributed by atoms with Crippen LogP contribution in [0, 0.1) is 11.8 Å². The number of rotatable bonds is 6. The van der Waals surface area contributed by atoms with E-state index in [4.69, 9.17) is 0 Å². The van der Waals surface area contributed by atoms with E-state index in [2.05, 4.69) is 60.0 Å². The van der Waals surface area contributed by atoms with Crippen molar-refractivity contribution >= 4 is 29.9 Å². The lowest BCUT2D eigenvalue weighted by molar-refractivity contribution is 0.0483. The molecule has 160 valence electrons. The van der Waals surface area contributed by atoms with Crippen molar-refractivity contribution in [3.63, 3.8) is 0 Å². The molecule has 0 spiro atoms. The van der Waals surface area contributed by atoms with Crippen LogP contribution in [0.15, 0.2) is 4.99 Å². The lowest BCUT2D eigenvalue weighted by atomic mass is 9.88. The minimum absolute atomic E-state index is 0. The van der Waals surface area contributed by atoms with Crippen molar-refractivity contribution in [2.75, 3.05) is 46.3 Å². The molecule has 2 heterocycles. The molecule has 0 radical (unpaired) electrons. The van der Waals surface area contributed by atoms with E-state index in [9.17, 15) is 0 Å². The van der Waals surface area contributed by atoms with Gasteiger partial charge in [-0.25, -0.2) is 0 Å². The molecule has 0 aromatic heterocycles. The van der Waals surface area contributed by atoms with Gasteiger partial charge in [-0.1, -0.05) is 20.8 Å². The van der Waals surface area contributed by atoms with Crippen molar-refractivity contribution in [2.24, 2.45) is 16.8 Å². The van der Waals surface area contributed by atoms with Crippen LogP contribution >= 0.6 is 24.0 Å². The lowest BCUT2D eigenvalue weighted by Gasteiger charge is -2.45. The third-order valence-electron chi connectivity index (χ3n) is 6.11. The summed E-state index contributed by atoms with van der Waals surface area (Å²) < 4.78 is 0. The van der Waals surface area contributed by atoms with Crippen molar-refractivity contribution < 1.29 is 0 Å². The highest BCUT2D eigenvalue weighted by molar-refractivity contribution is 14.0. The molecule has 2 rings (SSSR count). The molecule has 2 fully saturated rings. The molecule has 0 aromatic rings. The van der Waals surface area contributed by atoms with E-state index in [0.29, 0.717) is 6.04 Å². The van der Waals surface area contributed by atoms with Gasteiger partial charge in [0.1, 0.15) is 0 Å². The first-order valence-corrected chi connectivity index (χ1v) is 10.8. The maximum Gasteiger partial charge on any atom is 0.191 e. The number of guanidine groups is 1. The van der Waals surface area contributed by atoms with Gasteiger partial charge in [-0.05, 0) is 57.9 Å². The fourth-order valence-electron chi connectivity index (χ4n) is 4.57. The van der Waals surface area contributed by atoms with Crippen molar-refractivity contribution in [2.45, 2.75) is 71.9 Å². The standard InChI is InChI=1S/C21H43N5.HI/c1-7-10-25-11-8-19(9-12-25)24-20(22-6)23-16-21(4,5)26-14-17(2)13-18(3)15-26;/h17-19H,7-16H2,1-6H3,(H2,22,23,24);1H. The van der Waals surface area contributed by atoms with Gasteiger partial charge in [-0.2, -0.15) is 0 Å². The number of piperidine rings is 2. The van der Waals surface area contributed by atoms with Crippen LogP contribution in [-0.4, -0.2) is 73.7 Å². The van der Waals surface area contributed by atoms with E-state index in [-0.39, 0.29) is 29.5 Å². The molecule has 0 saturated carbocycles. The monoisotopic (exact) mass is 493 g/mol. The van der Waals surface area contributed by atoms with E-state index in [0.717, 1.165) is 24.3 Å². The van der Waals surface area contributed by atoms with E-state index >= 15 is 0 Å². The second-order valence-electron chi connectivity index (χ2n) is 9.35. The van der Waals surface area contributed by atoms with E-state index in [1.807, 2.05) is 7.05 Å². The van der Waals surface area contributed by atoms with Gasteiger partial charge in [0.2, 0.25) is 0 Å². The molecule has 2 unspecified atom stereocenters. The largest absolute Gasteiger partial charge is 0.355 e. The highest BCUT2D eigenvalue weighted by atomic mass is 127. The van der Waals surface area contributed by atoms with Crippen LogP contribution in [0.3, 0.4) is 0 Å². The highest BCUT2D eigenvalue weighted by Gasteiger charge is 2.32. The number of nitrogens with one attached hydrogen (secondary N) is 2. The Labute approximate surface area is 185 Å². The summed E-state index contributed by atoms with van der Waals surface area (Å²) in [6.07, 6.45) is 5.04. The molecule has 0 aliphatic carbocycles. The van der Waals surface area contributed by atoms with Crippen molar-refractivity contribution in [3.8, 4) is 0 Å². The third-order valence-corrected chi connectivity index (χ3v) is 6.11. The minimum Gasteiger partial charge on any atom is -0.355 e. The topological polar surface area (TPSA) is 42.9 Å². The van der Waals surface area contributed by atoms with Crippen LogP contribution in [0.5, 0.6) is 0 Å². The Morgan fingerprint density at radius 2 is 1.70 bits per heavy atom. The van der Waals surface area contributed by atoms with Gasteiger partial charge in [0.15, 0.2) is 5.96 Å². The zero-order valence-electron chi connectivity index (χ0n) is 18.6. The number of hydrogen-bond donors (Lipinski definition) is 2. The first-order valence-electron chi connectivity index (χ1n) is 10.8. The Kier molecular flexibility index (Phi) is 10.9. The summed E-state index contributed by atoms with van der Waals surface area (Å²) in [6, 6.07) is 0.549. The van der Waals surface area contributed by atoms with Gasteiger partial charge in [-0.3, -0.25) is 9.89 Å². The Morgan fingerprint density at radius 1 is 1.11 bits per heavy atom. The SMILES string of the molecule is CCCN1CCC(NC(=NC)NCC(C)(C)N2CC(C)CC(C)C2)CC1.I. The molecule has 0 aromatic carbocycles. The molecule has 6 heteroatoms. The number of halogens is 1. The molecule has 2 saturated heterocycles. The van der Waals surface area contributed by atoms with Gasteiger partial charge < -0.3 is 15.5 Å². The Morgan fingerprint density at radius 3 is 2.22 bits per heavy atom. The zero-order chi connectivity index (χ0) is 19.2. The fourth-order valence-corrected chi connectivity index (χ4v) is 4.57. The van der Waals surface area contributed by atoms with Crippen molar-refractivity contribution in [3.05, 3.63) is 0 Å². The first-order chi connectivity index (χ1) is 12.3. The summed E-state index contributed by atoms with van der Waals surface area (Å²) in [6.45, 7) is 18.8. The predicted molar refractivity (Wildman–Crippen MR) is 128 cm³/mol. The number of hydrogen-bond acceptors (Lipinski definition) is 3. The smallest absolute Gasteiger partial charge is 0.191 e. The quantitative estimate of drug-likeness (QED) is 0.338. The van der Waals surface area contributed by atoms with E-state index in [1.165, 1.54) is 58.4 Å². The summed E-state index contributed by atoms with van der Waals surface area (Å²) in [4.78, 5) is 9.72. The Bertz CT molecular complexity index is 436. The molecule has 0 bridgehead atoms. The molecule has 2 aliphatic rings. The second-order valence-corrected chi connectivity index (χ2v) is 9.35. The van der Waals surface area contributed by atoms with Gasteiger partial charge in [0, 0.05) is 51.4 Å². The molecule has 2 aliphatic heterocycles. The Balaban J connectivity index is 0.00000364. The van der Waals surface area contributed by atoms with E-state index in [1.54, 1.807) is 0 Å². The van der Waals surface area contributed by atoms with Crippen LogP contribution in [0.2, 0.25) is 0 Å². The Hall–Kier alpha value is -0.0800. The molecule has 0 amide bonds. The summed E-state index contributed by atoms with van der Waals surface area (Å²) in [5.41, 5.74) is 0.144. The molecule has 2 atom stereocenters. The molecule has 27 heavy (non-hydrogen) atoms. The fraction of sp³-hybridized carbons (Fsp3) is 0.952. The second kappa shape index (κ2) is 11.8. The third kappa shape index (κ3) is 8.05. The summed E-state index contributed by atoms with van der Waals surface area (Å²) >= 11 is 0. The summed E-state index contributed by atoms with van der Waals surface area (Å²) in [5.74, 6) is 2.55. The maximum absolute atomic E-state index is 4.48. The van der Waals surface area contributed by atoms with Crippen LogP contribution in [0.4, 0.5) is 0 Å². The number of likely N-dealkylation sites (tertiary alicyclic amines) is 2. The van der Waals surface area contributed by atoms with Crippen LogP contribution in [0.25, 0.3) is 0 Å². The lowest BCUT2D eigenvalue weighted by Crippen LogP contribution is -2.58. The minimum atomic E-state index is 0. The average molecular weight is 494 g/mol. The maximum atomic E-state index is 4.48. The summed E-state index contributed by atoms with van der Waals surface area (Å²) in [7, 11) is 1.89. The number of nitrogens with zero attached hydrogens (tertiary/aromatic N) is 3. The average Bonchev–Trinajstić information content (AvgIpc) is 2.59. The van der Waals surface area contributed by atoms with Gasteiger partial charge in [-0.15, -0.1) is 24.0 Å².